The molecule has 7 heterocycles. The highest BCUT2D eigenvalue weighted by molar-refractivity contribution is 6.41. The average molecular weight is 1030 g/mol. The van der Waals surface area contributed by atoms with Gasteiger partial charge in [0.05, 0.1) is 37.8 Å². The monoisotopic (exact) mass is 1030 g/mol. The molecule has 0 aliphatic carbocycles. The number of nitrogens with zero attached hydrogens (tertiary/aromatic N) is 11. The lowest BCUT2D eigenvalue weighted by molar-refractivity contribution is -0.127. The number of carbonyl (C=O) groups is 2. The number of aromatic nitrogens is 7. The summed E-state index contributed by atoms with van der Waals surface area (Å²) in [6.07, 6.45) is 6.52. The number of benzene rings is 1. The Morgan fingerprint density at radius 3 is 2.18 bits per heavy atom. The number of aromatic hydroxyl groups is 1. The molecule has 2 fully saturated rings. The third-order valence-electron chi connectivity index (χ3n) is 13.4. The number of hydrogen-bond donors (Lipinski definition) is 1. The van der Waals surface area contributed by atoms with Gasteiger partial charge in [-0.2, -0.15) is 9.97 Å². The number of phenols is 1. The van der Waals surface area contributed by atoms with Crippen LogP contribution >= 0.6 is 34.8 Å². The van der Waals surface area contributed by atoms with Crippen LogP contribution < -0.4 is 21.2 Å². The number of phenolic OH excluding ortho intramolecular Hbond substituents is 1. The number of anilines is 2. The van der Waals surface area contributed by atoms with Gasteiger partial charge in [-0.1, -0.05) is 88.1 Å². The van der Waals surface area contributed by atoms with Gasteiger partial charge in [0.1, 0.15) is 33.9 Å². The summed E-state index contributed by atoms with van der Waals surface area (Å²) < 4.78 is 19.4. The first kappa shape index (κ1) is 50.9. The molecule has 2 amide bonds. The number of piperazine rings is 2. The quantitative estimate of drug-likeness (QED) is 0.0915. The number of hydrogen-bond acceptors (Lipinski definition) is 12. The Kier molecular flexibility index (Phi) is 14.9. The molecule has 1 N–H and O–H groups in total. The molecule has 0 radical (unpaired) electrons. The molecule has 0 bridgehead atoms. The van der Waals surface area contributed by atoms with E-state index in [1.807, 2.05) is 30.6 Å². The van der Waals surface area contributed by atoms with Gasteiger partial charge in [-0.3, -0.25) is 19.1 Å². The fraction of sp³-hybridized carbons (Fsp3) is 0.392. The molecule has 0 saturated carbocycles. The molecule has 71 heavy (non-hydrogen) atoms. The van der Waals surface area contributed by atoms with Crippen LogP contribution in [0.2, 0.25) is 15.2 Å². The van der Waals surface area contributed by atoms with Gasteiger partial charge < -0.3 is 24.7 Å². The summed E-state index contributed by atoms with van der Waals surface area (Å²) in [6.45, 7) is 19.8. The van der Waals surface area contributed by atoms with Gasteiger partial charge in [-0.05, 0) is 80.2 Å². The zero-order valence-corrected chi connectivity index (χ0v) is 42.8. The Bertz CT molecular complexity index is 3220. The molecule has 0 spiro atoms. The van der Waals surface area contributed by atoms with Crippen LogP contribution in [-0.2, 0) is 9.59 Å². The topological polar surface area (TPSA) is 176 Å². The Balaban J connectivity index is 1.08. The van der Waals surface area contributed by atoms with E-state index in [1.54, 1.807) is 38.8 Å². The summed E-state index contributed by atoms with van der Waals surface area (Å²) in [6, 6.07) is 8.57. The van der Waals surface area contributed by atoms with Crippen molar-refractivity contribution in [1.82, 2.24) is 43.9 Å². The van der Waals surface area contributed by atoms with Crippen molar-refractivity contribution < 1.29 is 19.1 Å². The largest absolute Gasteiger partial charge is 0.507 e. The highest BCUT2D eigenvalue weighted by atomic mass is 35.5. The van der Waals surface area contributed by atoms with E-state index >= 15 is 4.39 Å². The van der Waals surface area contributed by atoms with E-state index < -0.39 is 17.2 Å². The lowest BCUT2D eigenvalue weighted by atomic mass is 9.93. The molecule has 20 heteroatoms. The summed E-state index contributed by atoms with van der Waals surface area (Å²) in [5.74, 6) is -1.08. The summed E-state index contributed by atoms with van der Waals surface area (Å²) in [4.78, 5) is 85.0. The van der Waals surface area contributed by atoms with Gasteiger partial charge in [-0.15, -0.1) is 0 Å². The van der Waals surface area contributed by atoms with E-state index in [0.717, 1.165) is 0 Å². The number of amides is 2. The van der Waals surface area contributed by atoms with Gasteiger partial charge in [0.2, 0.25) is 11.8 Å². The van der Waals surface area contributed by atoms with Gasteiger partial charge >= 0.3 is 11.4 Å². The normalized spacial score (nSPS) is 16.1. The molecule has 1 unspecified atom stereocenters. The zero-order valence-electron chi connectivity index (χ0n) is 40.5. The highest BCUT2D eigenvalue weighted by Gasteiger charge is 2.33. The third kappa shape index (κ3) is 9.83. The Labute approximate surface area is 425 Å². The molecule has 8 rings (SSSR count). The van der Waals surface area contributed by atoms with Crippen LogP contribution in [0.3, 0.4) is 0 Å². The second kappa shape index (κ2) is 20.7. The average Bonchev–Trinajstić information content (AvgIpc) is 3.32. The predicted octanol–water partition coefficient (Wildman–Crippen LogP) is 8.54. The maximum Gasteiger partial charge on any atom is 0.355 e. The van der Waals surface area contributed by atoms with Gasteiger partial charge in [0, 0.05) is 70.0 Å². The van der Waals surface area contributed by atoms with Crippen molar-refractivity contribution in [1.29, 1.82) is 0 Å². The minimum Gasteiger partial charge on any atom is -0.507 e. The van der Waals surface area contributed by atoms with Crippen molar-refractivity contribution in [3.8, 4) is 22.7 Å². The van der Waals surface area contributed by atoms with Crippen LogP contribution in [0.15, 0.2) is 77.0 Å². The lowest BCUT2D eigenvalue weighted by Gasteiger charge is -2.40. The van der Waals surface area contributed by atoms with Crippen molar-refractivity contribution in [2.45, 2.75) is 72.9 Å². The van der Waals surface area contributed by atoms with E-state index in [-0.39, 0.29) is 90.7 Å². The molecule has 2 aliphatic rings. The first-order valence-electron chi connectivity index (χ1n) is 23.5. The summed E-state index contributed by atoms with van der Waals surface area (Å²) in [5, 5.41) is 12.1. The number of halogens is 4. The molecule has 2 atom stereocenters. The molecule has 2 saturated heterocycles. The maximum atomic E-state index is 16.4. The Morgan fingerprint density at radius 2 is 1.52 bits per heavy atom. The SMILES string of the molecule is C=CC(=O)N1CCN(c2nc(=O)n(-c3c(C)ccnc3C(C)C/C=C\C(=O)N3CCN(c4nc(=O)n(C(C(C)C)C(C)C)c5nc(Cl)c(Cl)cc45)CC3)c3nc(-c4c(O)cccc4Cl)c(F)cc23)[C@@H](C)C1. The fourth-order valence-electron chi connectivity index (χ4n) is 9.98. The highest BCUT2D eigenvalue weighted by Crippen LogP contribution is 2.40. The standard InChI is InChI=1S/C51H55Cl3FN11O5/c1-9-38(68)63-22-23-64(31(8)26-63)47-33-25-36(55)42(40-34(52)13-11-14-37(40)67)57-48(33)66(51(71)60-47)44-30(7)16-17-56-41(44)29(6)12-10-15-39(69)61-18-20-62(21-19-61)46-32-24-35(53)45(54)58-49(32)65(50(70)59-46)43(27(2)3)28(4)5/h9-11,13-17,24-25,27-29,31,43,67H,1,12,18-23,26H2,2-8H3/b15-10-/t29?,31-/m0/s1. The summed E-state index contributed by atoms with van der Waals surface area (Å²) >= 11 is 19.5. The van der Waals surface area contributed by atoms with Crippen LogP contribution in [0.1, 0.15) is 71.2 Å². The number of fused-ring (bicyclic) bond motifs is 2. The number of aryl methyl sites for hydroxylation is 1. The number of allylic oxidation sites excluding steroid dienone is 1. The van der Waals surface area contributed by atoms with Crippen molar-refractivity contribution >= 4 is 80.3 Å². The van der Waals surface area contributed by atoms with Crippen LogP contribution in [0.25, 0.3) is 39.0 Å². The van der Waals surface area contributed by atoms with Crippen LogP contribution in [0.5, 0.6) is 5.75 Å². The van der Waals surface area contributed by atoms with Gasteiger partial charge in [0.25, 0.3) is 0 Å². The first-order valence-corrected chi connectivity index (χ1v) is 24.7. The van der Waals surface area contributed by atoms with E-state index in [2.05, 4.69) is 49.2 Å². The summed E-state index contributed by atoms with van der Waals surface area (Å²) in [5.41, 5.74) is 0.508. The second-order valence-electron chi connectivity index (χ2n) is 18.8. The maximum absolute atomic E-state index is 16.4. The van der Waals surface area contributed by atoms with Gasteiger partial charge in [0.15, 0.2) is 11.5 Å². The van der Waals surface area contributed by atoms with Crippen molar-refractivity contribution in [3.63, 3.8) is 0 Å². The van der Waals surface area contributed by atoms with E-state index in [4.69, 9.17) is 44.8 Å². The molecule has 2 aliphatic heterocycles. The van der Waals surface area contributed by atoms with Crippen molar-refractivity contribution in [2.75, 3.05) is 55.6 Å². The molecular formula is C51H55Cl3FN11O5. The third-order valence-corrected chi connectivity index (χ3v) is 14.3. The van der Waals surface area contributed by atoms with E-state index in [0.29, 0.717) is 86.0 Å². The number of carbonyl (C=O) groups excluding carboxylic acids is 2. The zero-order chi connectivity index (χ0) is 51.2. The minimum absolute atomic E-state index is 0.0461. The second-order valence-corrected chi connectivity index (χ2v) is 20.0. The Morgan fingerprint density at radius 1 is 0.845 bits per heavy atom. The molecule has 5 aromatic heterocycles. The predicted molar refractivity (Wildman–Crippen MR) is 277 cm³/mol. The molecular weight excluding hydrogens is 972 g/mol. The fourth-order valence-corrected chi connectivity index (χ4v) is 10.5. The molecule has 1 aromatic carbocycles. The van der Waals surface area contributed by atoms with E-state index in [1.165, 1.54) is 41.0 Å². The number of pyridine rings is 3. The summed E-state index contributed by atoms with van der Waals surface area (Å²) in [7, 11) is 0. The van der Waals surface area contributed by atoms with Gasteiger partial charge in [-0.25, -0.2) is 28.5 Å². The Hall–Kier alpha value is -6.43. The molecule has 372 valence electrons. The van der Waals surface area contributed by atoms with Crippen LogP contribution in [-0.4, -0.2) is 113 Å². The molecule has 16 nitrogen and oxygen atoms in total. The minimum atomic E-state index is -0.807. The first-order chi connectivity index (χ1) is 33.8. The number of rotatable bonds is 12. The van der Waals surface area contributed by atoms with Crippen LogP contribution in [0, 0.1) is 24.6 Å². The smallest absolute Gasteiger partial charge is 0.355 e. The molecule has 6 aromatic rings. The van der Waals surface area contributed by atoms with Crippen molar-refractivity contribution in [3.05, 3.63) is 121 Å². The van der Waals surface area contributed by atoms with Crippen molar-refractivity contribution in [2.24, 2.45) is 11.8 Å². The van der Waals surface area contributed by atoms with E-state index in [9.17, 15) is 24.3 Å². The lowest BCUT2D eigenvalue weighted by Crippen LogP contribution is -2.54. The van der Waals surface area contributed by atoms with Crippen LogP contribution in [0.4, 0.5) is 16.0 Å².